The lowest BCUT2D eigenvalue weighted by atomic mass is 9.55. The average Bonchev–Trinajstić information content (AvgIpc) is 3.23. The Morgan fingerprint density at radius 3 is 2.70 bits per heavy atom. The Balaban J connectivity index is 1.40. The van der Waals surface area contributed by atoms with Crippen LogP contribution in [0, 0.1) is 46.1 Å². The third-order valence-electron chi connectivity index (χ3n) is 8.29. The minimum absolute atomic E-state index is 0.0815. The van der Waals surface area contributed by atoms with Crippen molar-refractivity contribution < 1.29 is 13.6 Å². The van der Waals surface area contributed by atoms with E-state index in [0.717, 1.165) is 18.4 Å². The molecule has 3 aliphatic carbocycles. The van der Waals surface area contributed by atoms with Crippen LogP contribution in [0.2, 0.25) is 0 Å². The zero-order chi connectivity index (χ0) is 20.8. The van der Waals surface area contributed by atoms with E-state index in [4.69, 9.17) is 5.26 Å². The molecule has 152 valence electrons. The van der Waals surface area contributed by atoms with Gasteiger partial charge < -0.3 is 4.90 Å². The molecule has 0 N–H and O–H groups in total. The van der Waals surface area contributed by atoms with Gasteiger partial charge in [0.25, 0.3) is 0 Å². The lowest BCUT2D eigenvalue weighted by Crippen LogP contribution is -2.63. The highest BCUT2D eigenvalue weighted by atomic mass is 19.1. The van der Waals surface area contributed by atoms with E-state index in [9.17, 15) is 13.6 Å². The summed E-state index contributed by atoms with van der Waals surface area (Å²) >= 11 is 0. The third-order valence-corrected chi connectivity index (χ3v) is 8.29. The van der Waals surface area contributed by atoms with E-state index in [2.05, 4.69) is 23.2 Å². The first-order valence-corrected chi connectivity index (χ1v) is 10.4. The van der Waals surface area contributed by atoms with Crippen molar-refractivity contribution in [2.45, 2.75) is 31.6 Å². The number of likely N-dealkylation sites (tertiary alicyclic amines) is 1. The minimum Gasteiger partial charge on any atom is -0.341 e. The van der Waals surface area contributed by atoms with Crippen LogP contribution >= 0.6 is 0 Å². The molecule has 2 saturated carbocycles. The van der Waals surface area contributed by atoms with E-state index in [1.165, 1.54) is 18.2 Å². The second kappa shape index (κ2) is 5.63. The van der Waals surface area contributed by atoms with Gasteiger partial charge in [0.05, 0.1) is 28.4 Å². The maximum atomic E-state index is 14.3. The highest BCUT2D eigenvalue weighted by molar-refractivity contribution is 5.93. The van der Waals surface area contributed by atoms with Crippen LogP contribution in [-0.4, -0.2) is 34.1 Å². The van der Waals surface area contributed by atoms with Gasteiger partial charge in [0, 0.05) is 25.4 Å². The number of hydrogen-bond acceptors (Lipinski definition) is 4. The Labute approximate surface area is 172 Å². The smallest absolute Gasteiger partial charge is 0.235 e. The van der Waals surface area contributed by atoms with Gasteiger partial charge in [0.15, 0.2) is 0 Å². The van der Waals surface area contributed by atoms with Crippen molar-refractivity contribution in [2.24, 2.45) is 23.2 Å². The molecule has 7 heteroatoms. The van der Waals surface area contributed by atoms with E-state index in [-0.39, 0.29) is 28.5 Å². The van der Waals surface area contributed by atoms with Gasteiger partial charge in [0.1, 0.15) is 11.6 Å². The molecule has 2 heterocycles. The quantitative estimate of drug-likeness (QED) is 0.785. The molecule has 4 aliphatic rings. The Morgan fingerprint density at radius 1 is 1.27 bits per heavy atom. The summed E-state index contributed by atoms with van der Waals surface area (Å²) in [6.45, 7) is 3.40. The molecule has 2 aromatic rings. The molecule has 0 spiro atoms. The number of nitrogens with zero attached hydrogens (tertiary/aromatic N) is 4. The minimum atomic E-state index is -0.688. The number of benzene rings is 1. The number of nitriles is 1. The molecule has 1 saturated heterocycles. The fourth-order valence-electron chi connectivity index (χ4n) is 6.54. The first-order chi connectivity index (χ1) is 14.4. The van der Waals surface area contributed by atoms with Crippen molar-refractivity contribution >= 4 is 5.91 Å². The standard InChI is InChI=1S/C23H20F2N4O/c1-22-14-7-13-8-18(19-16(24)3-2-4-17(19)25)27-28-20(13)23(22,9-15(14)22)21(30)29-10-12(11-29)5-6-26/h2-4,8,12,14-15H,5,7,9-11H2,1H3. The maximum absolute atomic E-state index is 14.3. The van der Waals surface area contributed by atoms with Gasteiger partial charge in [0.2, 0.25) is 5.91 Å². The van der Waals surface area contributed by atoms with E-state index in [1.807, 2.05) is 4.90 Å². The van der Waals surface area contributed by atoms with Crippen LogP contribution in [0.3, 0.4) is 0 Å². The number of hydrogen-bond donors (Lipinski definition) is 0. The zero-order valence-corrected chi connectivity index (χ0v) is 16.5. The molecule has 0 radical (unpaired) electrons. The fourth-order valence-corrected chi connectivity index (χ4v) is 6.54. The molecular formula is C23H20F2N4O. The Hall–Kier alpha value is -2.88. The largest absolute Gasteiger partial charge is 0.341 e. The Kier molecular flexibility index (Phi) is 3.36. The molecule has 30 heavy (non-hydrogen) atoms. The van der Waals surface area contributed by atoms with Crippen molar-refractivity contribution in [1.29, 1.82) is 5.26 Å². The van der Waals surface area contributed by atoms with E-state index in [0.29, 0.717) is 37.0 Å². The third kappa shape index (κ3) is 1.93. The van der Waals surface area contributed by atoms with Gasteiger partial charge in [-0.2, -0.15) is 10.4 Å². The molecule has 0 bridgehead atoms. The number of fused-ring (bicyclic) bond motifs is 3. The fraction of sp³-hybridized carbons (Fsp3) is 0.478. The molecule has 1 aliphatic heterocycles. The number of rotatable bonds is 3. The SMILES string of the molecule is CC12C3Cc4cc(-c5c(F)cccc5F)nnc4C1(C(=O)N1CC(CC#N)C1)CC32. The summed E-state index contributed by atoms with van der Waals surface area (Å²) in [6, 6.07) is 7.64. The first kappa shape index (κ1) is 17.9. The summed E-state index contributed by atoms with van der Waals surface area (Å²) in [5, 5.41) is 17.5. The van der Waals surface area contributed by atoms with Crippen molar-refractivity contribution in [2.75, 3.05) is 13.1 Å². The predicted molar refractivity (Wildman–Crippen MR) is 103 cm³/mol. The van der Waals surface area contributed by atoms with E-state index >= 15 is 0 Å². The Bertz CT molecular complexity index is 1130. The molecular weight excluding hydrogens is 386 g/mol. The number of halogens is 2. The maximum Gasteiger partial charge on any atom is 0.235 e. The summed E-state index contributed by atoms with van der Waals surface area (Å²) in [5.74, 6) is -0.133. The average molecular weight is 406 g/mol. The summed E-state index contributed by atoms with van der Waals surface area (Å²) in [4.78, 5) is 15.5. The van der Waals surface area contributed by atoms with Crippen LogP contribution in [0.25, 0.3) is 11.3 Å². The van der Waals surface area contributed by atoms with Crippen LogP contribution < -0.4 is 0 Å². The lowest BCUT2D eigenvalue weighted by molar-refractivity contribution is -0.152. The van der Waals surface area contributed by atoms with Crippen LogP contribution in [0.1, 0.15) is 31.0 Å². The summed E-state index contributed by atoms with van der Waals surface area (Å²) in [5.41, 5.74) is 0.777. The molecule has 1 aromatic heterocycles. The molecule has 4 unspecified atom stereocenters. The van der Waals surface area contributed by atoms with E-state index in [1.54, 1.807) is 6.07 Å². The van der Waals surface area contributed by atoms with Crippen molar-refractivity contribution in [1.82, 2.24) is 15.1 Å². The summed E-state index contributed by atoms with van der Waals surface area (Å²) in [6.07, 6.45) is 2.00. The van der Waals surface area contributed by atoms with Crippen LogP contribution in [0.15, 0.2) is 24.3 Å². The van der Waals surface area contributed by atoms with Crippen molar-refractivity contribution in [3.8, 4) is 17.3 Å². The lowest BCUT2D eigenvalue weighted by Gasteiger charge is -2.52. The van der Waals surface area contributed by atoms with Crippen LogP contribution in [-0.2, 0) is 16.6 Å². The highest BCUT2D eigenvalue weighted by Gasteiger charge is 2.85. The van der Waals surface area contributed by atoms with Gasteiger partial charge in [-0.3, -0.25) is 4.79 Å². The van der Waals surface area contributed by atoms with Crippen LogP contribution in [0.5, 0.6) is 0 Å². The number of amides is 1. The predicted octanol–water partition coefficient (Wildman–Crippen LogP) is 3.24. The number of carbonyl (C=O) groups is 1. The van der Waals surface area contributed by atoms with Gasteiger partial charge in [-0.25, -0.2) is 8.78 Å². The summed E-state index contributed by atoms with van der Waals surface area (Å²) < 4.78 is 28.5. The Morgan fingerprint density at radius 2 is 2.00 bits per heavy atom. The summed E-state index contributed by atoms with van der Waals surface area (Å²) in [7, 11) is 0. The topological polar surface area (TPSA) is 69.9 Å². The zero-order valence-electron chi connectivity index (χ0n) is 16.5. The van der Waals surface area contributed by atoms with Gasteiger partial charge in [-0.05, 0) is 53.9 Å². The molecule has 1 amide bonds. The van der Waals surface area contributed by atoms with Gasteiger partial charge in [-0.1, -0.05) is 13.0 Å². The second-order valence-electron chi connectivity index (χ2n) is 9.45. The van der Waals surface area contributed by atoms with E-state index < -0.39 is 17.0 Å². The molecule has 3 fully saturated rings. The second-order valence-corrected chi connectivity index (χ2v) is 9.45. The molecule has 1 aromatic carbocycles. The molecule has 5 nitrogen and oxygen atoms in total. The van der Waals surface area contributed by atoms with Crippen molar-refractivity contribution in [3.05, 3.63) is 47.2 Å². The number of aromatic nitrogens is 2. The normalized spacial score (nSPS) is 32.9. The van der Waals surface area contributed by atoms with Crippen LogP contribution in [0.4, 0.5) is 8.78 Å². The van der Waals surface area contributed by atoms with Crippen molar-refractivity contribution in [3.63, 3.8) is 0 Å². The van der Waals surface area contributed by atoms with Gasteiger partial charge >= 0.3 is 0 Å². The number of carbonyl (C=O) groups excluding carboxylic acids is 1. The molecule has 6 rings (SSSR count). The monoisotopic (exact) mass is 406 g/mol. The molecule has 4 atom stereocenters. The highest BCUT2D eigenvalue weighted by Crippen LogP contribution is 2.84. The van der Waals surface area contributed by atoms with Gasteiger partial charge in [-0.15, -0.1) is 5.10 Å². The first-order valence-electron chi connectivity index (χ1n) is 10.4.